The van der Waals surface area contributed by atoms with Crippen LogP contribution in [0, 0.1) is 9.39 Å². The van der Waals surface area contributed by atoms with Gasteiger partial charge in [-0.05, 0) is 47.7 Å². The van der Waals surface area contributed by atoms with Crippen LogP contribution in [0.2, 0.25) is 0 Å². The first kappa shape index (κ1) is 16.6. The van der Waals surface area contributed by atoms with Gasteiger partial charge in [-0.3, -0.25) is 9.69 Å². The average Bonchev–Trinajstić information content (AvgIpc) is 2.46. The molecule has 0 aliphatic carbocycles. The molecule has 1 unspecified atom stereocenters. The molecule has 1 aromatic rings. The van der Waals surface area contributed by atoms with E-state index in [0.717, 1.165) is 13.1 Å². The van der Waals surface area contributed by atoms with Gasteiger partial charge in [0.25, 0.3) is 5.91 Å². The van der Waals surface area contributed by atoms with E-state index in [1.54, 1.807) is 11.0 Å². The van der Waals surface area contributed by atoms with Gasteiger partial charge in [0.1, 0.15) is 5.82 Å². The van der Waals surface area contributed by atoms with Crippen LogP contribution in [0.3, 0.4) is 0 Å². The van der Waals surface area contributed by atoms with Gasteiger partial charge in [0.05, 0.1) is 16.6 Å². The van der Waals surface area contributed by atoms with Crippen LogP contribution < -0.4 is 5.73 Å². The fourth-order valence-electron chi connectivity index (χ4n) is 2.33. The number of amides is 1. The Kier molecular flexibility index (Phi) is 5.50. The van der Waals surface area contributed by atoms with Crippen molar-refractivity contribution in [2.24, 2.45) is 5.73 Å². The number of thiocarbonyl (C=S) groups is 1. The van der Waals surface area contributed by atoms with E-state index in [1.165, 1.54) is 12.1 Å². The quantitative estimate of drug-likeness (QED) is 0.598. The molecule has 1 aliphatic rings. The minimum absolute atomic E-state index is 0.0446. The van der Waals surface area contributed by atoms with Gasteiger partial charge in [-0.25, -0.2) is 4.39 Å². The van der Waals surface area contributed by atoms with Crippen molar-refractivity contribution in [1.82, 2.24) is 9.80 Å². The van der Waals surface area contributed by atoms with Crippen LogP contribution in [0.15, 0.2) is 18.2 Å². The molecule has 1 fully saturated rings. The van der Waals surface area contributed by atoms with Crippen LogP contribution in [0.1, 0.15) is 17.3 Å². The minimum Gasteiger partial charge on any atom is -0.392 e. The molecule has 21 heavy (non-hydrogen) atoms. The Morgan fingerprint density at radius 3 is 2.52 bits per heavy atom. The number of nitrogens with two attached hydrogens (primary N) is 1. The van der Waals surface area contributed by atoms with Gasteiger partial charge in [-0.1, -0.05) is 12.2 Å². The van der Waals surface area contributed by atoms with Gasteiger partial charge >= 0.3 is 0 Å². The average molecular weight is 421 g/mol. The SMILES string of the molecule is CC(C(N)=S)N1CCN(C(=O)c2ccc(F)cc2I)CC1. The normalized spacial score (nSPS) is 17.6. The third kappa shape index (κ3) is 3.89. The number of carbonyl (C=O) groups is 1. The summed E-state index contributed by atoms with van der Waals surface area (Å²) in [6.45, 7) is 4.70. The van der Waals surface area contributed by atoms with E-state index in [9.17, 15) is 9.18 Å². The number of nitrogens with zero attached hydrogens (tertiary/aromatic N) is 2. The molecule has 1 amide bonds. The van der Waals surface area contributed by atoms with E-state index >= 15 is 0 Å². The highest BCUT2D eigenvalue weighted by molar-refractivity contribution is 14.1. The molecule has 4 nitrogen and oxygen atoms in total. The van der Waals surface area contributed by atoms with Crippen molar-refractivity contribution in [2.45, 2.75) is 13.0 Å². The summed E-state index contributed by atoms with van der Waals surface area (Å²) in [5, 5.41) is 0. The molecule has 0 aromatic heterocycles. The zero-order valence-corrected chi connectivity index (χ0v) is 14.7. The minimum atomic E-state index is -0.328. The van der Waals surface area contributed by atoms with E-state index in [0.29, 0.717) is 27.2 Å². The molecule has 1 saturated heterocycles. The molecule has 2 rings (SSSR count). The maximum atomic E-state index is 13.1. The van der Waals surface area contributed by atoms with Crippen LogP contribution in [0.25, 0.3) is 0 Å². The third-order valence-electron chi connectivity index (χ3n) is 3.72. The zero-order chi connectivity index (χ0) is 15.6. The first-order chi connectivity index (χ1) is 9.90. The van der Waals surface area contributed by atoms with Crippen molar-refractivity contribution in [3.63, 3.8) is 0 Å². The Morgan fingerprint density at radius 1 is 1.38 bits per heavy atom. The molecule has 0 radical (unpaired) electrons. The second kappa shape index (κ2) is 6.97. The number of benzene rings is 1. The molecule has 2 N–H and O–H groups in total. The molecular weight excluding hydrogens is 404 g/mol. The molecule has 0 bridgehead atoms. The topological polar surface area (TPSA) is 49.6 Å². The highest BCUT2D eigenvalue weighted by Crippen LogP contribution is 2.17. The number of carbonyl (C=O) groups excluding carboxylic acids is 1. The van der Waals surface area contributed by atoms with E-state index < -0.39 is 0 Å². The Bertz CT molecular complexity index is 561. The second-order valence-corrected chi connectivity index (χ2v) is 6.66. The number of piperazine rings is 1. The van der Waals surface area contributed by atoms with E-state index in [-0.39, 0.29) is 17.8 Å². The first-order valence-corrected chi connectivity index (χ1v) is 8.16. The predicted molar refractivity (Wildman–Crippen MR) is 92.8 cm³/mol. The lowest BCUT2D eigenvalue weighted by Gasteiger charge is -2.37. The van der Waals surface area contributed by atoms with Crippen LogP contribution >= 0.6 is 34.8 Å². The lowest BCUT2D eigenvalue weighted by atomic mass is 10.1. The summed E-state index contributed by atoms with van der Waals surface area (Å²) < 4.78 is 13.7. The Morgan fingerprint density at radius 2 is 2.00 bits per heavy atom. The van der Waals surface area contributed by atoms with Crippen molar-refractivity contribution in [1.29, 1.82) is 0 Å². The molecular formula is C14H17FIN3OS. The summed E-state index contributed by atoms with van der Waals surface area (Å²) >= 11 is 6.99. The first-order valence-electron chi connectivity index (χ1n) is 6.68. The summed E-state index contributed by atoms with van der Waals surface area (Å²) in [7, 11) is 0. The third-order valence-corrected chi connectivity index (χ3v) is 4.96. The van der Waals surface area contributed by atoms with Crippen molar-refractivity contribution < 1.29 is 9.18 Å². The van der Waals surface area contributed by atoms with Crippen molar-refractivity contribution in [3.8, 4) is 0 Å². The van der Waals surface area contributed by atoms with Crippen LogP contribution in [-0.4, -0.2) is 52.9 Å². The summed E-state index contributed by atoms with van der Waals surface area (Å²) in [6, 6.07) is 4.28. The maximum absolute atomic E-state index is 13.1. The summed E-state index contributed by atoms with van der Waals surface area (Å²) in [5.74, 6) is -0.381. The highest BCUT2D eigenvalue weighted by atomic mass is 127. The van der Waals surface area contributed by atoms with Gasteiger partial charge < -0.3 is 10.6 Å². The number of halogens is 2. The van der Waals surface area contributed by atoms with Crippen molar-refractivity contribution in [3.05, 3.63) is 33.1 Å². The lowest BCUT2D eigenvalue weighted by molar-refractivity contribution is 0.0620. The Balaban J connectivity index is 2.02. The van der Waals surface area contributed by atoms with Crippen molar-refractivity contribution in [2.75, 3.05) is 26.2 Å². The van der Waals surface area contributed by atoms with E-state index in [4.69, 9.17) is 18.0 Å². The van der Waals surface area contributed by atoms with Crippen LogP contribution in [0.4, 0.5) is 4.39 Å². The number of rotatable bonds is 3. The summed E-state index contributed by atoms with van der Waals surface area (Å²) in [4.78, 5) is 16.9. The lowest BCUT2D eigenvalue weighted by Crippen LogP contribution is -2.54. The molecule has 0 spiro atoms. The molecule has 1 heterocycles. The fourth-order valence-corrected chi connectivity index (χ4v) is 3.18. The number of hydrogen-bond acceptors (Lipinski definition) is 3. The fraction of sp³-hybridized carbons (Fsp3) is 0.429. The maximum Gasteiger partial charge on any atom is 0.255 e. The molecule has 0 saturated carbocycles. The Labute approximate surface area is 142 Å². The molecule has 7 heteroatoms. The number of hydrogen-bond donors (Lipinski definition) is 1. The van der Waals surface area contributed by atoms with Gasteiger partial charge in [0.2, 0.25) is 0 Å². The standard InChI is InChI=1S/C14H17FIN3OS/c1-9(13(17)21)18-4-6-19(7-5-18)14(20)11-3-2-10(15)8-12(11)16/h2-3,8-9H,4-7H2,1H3,(H2,17,21). The molecule has 1 atom stereocenters. The largest absolute Gasteiger partial charge is 0.392 e. The van der Waals surface area contributed by atoms with Gasteiger partial charge in [-0.2, -0.15) is 0 Å². The highest BCUT2D eigenvalue weighted by Gasteiger charge is 2.26. The zero-order valence-electron chi connectivity index (χ0n) is 11.7. The summed E-state index contributed by atoms with van der Waals surface area (Å²) in [6.07, 6.45) is 0. The van der Waals surface area contributed by atoms with E-state index in [1.807, 2.05) is 29.5 Å². The molecule has 1 aliphatic heterocycles. The van der Waals surface area contributed by atoms with Crippen LogP contribution in [-0.2, 0) is 0 Å². The monoisotopic (exact) mass is 421 g/mol. The molecule has 114 valence electrons. The van der Waals surface area contributed by atoms with E-state index in [2.05, 4.69) is 4.90 Å². The smallest absolute Gasteiger partial charge is 0.255 e. The van der Waals surface area contributed by atoms with Gasteiger partial charge in [-0.15, -0.1) is 0 Å². The van der Waals surface area contributed by atoms with Gasteiger partial charge in [0, 0.05) is 29.7 Å². The Hall–Kier alpha value is -0.800. The summed E-state index contributed by atoms with van der Waals surface area (Å²) in [5.41, 5.74) is 6.21. The van der Waals surface area contributed by atoms with Gasteiger partial charge in [0.15, 0.2) is 0 Å². The van der Waals surface area contributed by atoms with Crippen molar-refractivity contribution >= 4 is 45.7 Å². The molecule has 1 aromatic carbocycles. The predicted octanol–water partition coefficient (Wildman–Crippen LogP) is 1.86. The second-order valence-electron chi connectivity index (χ2n) is 5.03. The van der Waals surface area contributed by atoms with Crippen LogP contribution in [0.5, 0.6) is 0 Å².